The number of hydrogen-bond donors (Lipinski definition) is 2. The number of aromatic amines is 1. The fraction of sp³-hybridized carbons (Fsp3) is 0.273. The average Bonchev–Trinajstić information content (AvgIpc) is 3.23. The maximum Gasteiger partial charge on any atom is 0.251 e. The van der Waals surface area contributed by atoms with E-state index in [0.717, 1.165) is 37.3 Å². The number of benzene rings is 2. The van der Waals surface area contributed by atoms with Crippen molar-refractivity contribution in [2.45, 2.75) is 25.9 Å². The van der Waals surface area contributed by atoms with E-state index in [-0.39, 0.29) is 11.9 Å². The molecule has 5 nitrogen and oxygen atoms in total. The molecular formula is C22H24N4O. The Balaban J connectivity index is 1.33. The number of carbonyl (C=O) groups is 1. The van der Waals surface area contributed by atoms with Gasteiger partial charge in [-0.05, 0) is 48.2 Å². The van der Waals surface area contributed by atoms with Crippen molar-refractivity contribution in [2.24, 2.45) is 0 Å². The number of fused-ring (bicyclic) bond motifs is 1. The summed E-state index contributed by atoms with van der Waals surface area (Å²) in [6, 6.07) is 18.2. The first-order chi connectivity index (χ1) is 13.2. The molecule has 4 rings (SSSR count). The Hall–Kier alpha value is -2.92. The molecule has 0 radical (unpaired) electrons. The Morgan fingerprint density at radius 3 is 2.67 bits per heavy atom. The second-order valence-electron chi connectivity index (χ2n) is 7.18. The molecule has 2 heterocycles. The number of nitrogens with one attached hydrogen (secondary N) is 2. The van der Waals surface area contributed by atoms with Gasteiger partial charge in [-0.15, -0.1) is 0 Å². The highest BCUT2D eigenvalue weighted by Gasteiger charge is 2.18. The first kappa shape index (κ1) is 17.5. The van der Waals surface area contributed by atoms with E-state index in [9.17, 15) is 4.79 Å². The third-order valence-corrected chi connectivity index (χ3v) is 5.08. The van der Waals surface area contributed by atoms with Crippen LogP contribution in [-0.4, -0.2) is 40.1 Å². The van der Waals surface area contributed by atoms with Gasteiger partial charge in [0.2, 0.25) is 0 Å². The normalized spacial score (nSPS) is 15.1. The summed E-state index contributed by atoms with van der Waals surface area (Å²) in [5.74, 6) is -0.0314. The first-order valence-corrected chi connectivity index (χ1v) is 9.39. The van der Waals surface area contributed by atoms with Crippen LogP contribution >= 0.6 is 0 Å². The summed E-state index contributed by atoms with van der Waals surface area (Å²) < 4.78 is 0. The lowest BCUT2D eigenvalue weighted by molar-refractivity contribution is 0.0927. The number of amides is 1. The van der Waals surface area contributed by atoms with Crippen LogP contribution in [0.3, 0.4) is 0 Å². The van der Waals surface area contributed by atoms with Crippen LogP contribution in [0.2, 0.25) is 0 Å². The fourth-order valence-corrected chi connectivity index (χ4v) is 3.67. The minimum atomic E-state index is -0.0314. The van der Waals surface area contributed by atoms with Gasteiger partial charge in [0, 0.05) is 37.4 Å². The van der Waals surface area contributed by atoms with Crippen molar-refractivity contribution in [1.29, 1.82) is 0 Å². The SMILES string of the molecule is C[C@H](CN1CCc2ccccc2C1)NC(=O)c1ccc(-c2ccn[nH]2)cc1. The van der Waals surface area contributed by atoms with Gasteiger partial charge in [0.15, 0.2) is 0 Å². The third-order valence-electron chi connectivity index (χ3n) is 5.08. The van der Waals surface area contributed by atoms with Gasteiger partial charge in [0.1, 0.15) is 0 Å². The molecule has 0 fully saturated rings. The van der Waals surface area contributed by atoms with Crippen LogP contribution in [0.5, 0.6) is 0 Å². The molecule has 0 bridgehead atoms. The van der Waals surface area contributed by atoms with Gasteiger partial charge in [-0.2, -0.15) is 5.10 Å². The number of carbonyl (C=O) groups excluding carboxylic acids is 1. The lowest BCUT2D eigenvalue weighted by atomic mass is 9.99. The number of rotatable bonds is 5. The molecule has 2 N–H and O–H groups in total. The molecule has 1 aromatic heterocycles. The molecule has 1 amide bonds. The number of H-pyrrole nitrogens is 1. The molecule has 1 atom stereocenters. The smallest absolute Gasteiger partial charge is 0.251 e. The summed E-state index contributed by atoms with van der Waals surface area (Å²) in [5, 5.41) is 10.0. The van der Waals surface area contributed by atoms with E-state index in [1.807, 2.05) is 30.3 Å². The molecular weight excluding hydrogens is 336 g/mol. The molecule has 0 unspecified atom stereocenters. The monoisotopic (exact) mass is 360 g/mol. The van der Waals surface area contributed by atoms with Crippen molar-refractivity contribution in [3.05, 3.63) is 77.5 Å². The van der Waals surface area contributed by atoms with E-state index in [1.54, 1.807) is 6.20 Å². The van der Waals surface area contributed by atoms with Gasteiger partial charge in [0.25, 0.3) is 5.91 Å². The highest BCUT2D eigenvalue weighted by molar-refractivity contribution is 5.94. The molecule has 3 aromatic rings. The number of aromatic nitrogens is 2. The maximum absolute atomic E-state index is 12.5. The van der Waals surface area contributed by atoms with E-state index in [4.69, 9.17) is 0 Å². The predicted molar refractivity (Wildman–Crippen MR) is 106 cm³/mol. The molecule has 27 heavy (non-hydrogen) atoms. The third kappa shape index (κ3) is 4.09. The van der Waals surface area contributed by atoms with Crippen LogP contribution < -0.4 is 5.32 Å². The minimum Gasteiger partial charge on any atom is -0.348 e. The van der Waals surface area contributed by atoms with Gasteiger partial charge >= 0.3 is 0 Å². The number of hydrogen-bond acceptors (Lipinski definition) is 3. The fourth-order valence-electron chi connectivity index (χ4n) is 3.67. The topological polar surface area (TPSA) is 61.0 Å². The second kappa shape index (κ2) is 7.76. The summed E-state index contributed by atoms with van der Waals surface area (Å²) in [5.41, 5.74) is 5.48. The first-order valence-electron chi connectivity index (χ1n) is 9.39. The molecule has 1 aliphatic rings. The Labute approximate surface area is 159 Å². The van der Waals surface area contributed by atoms with E-state index in [2.05, 4.69) is 51.6 Å². The lowest BCUT2D eigenvalue weighted by Gasteiger charge is -2.31. The highest BCUT2D eigenvalue weighted by Crippen LogP contribution is 2.19. The molecule has 2 aromatic carbocycles. The maximum atomic E-state index is 12.5. The Kier molecular flexibility index (Phi) is 5.03. The molecule has 138 valence electrons. The van der Waals surface area contributed by atoms with Gasteiger partial charge in [-0.25, -0.2) is 0 Å². The predicted octanol–water partition coefficient (Wildman–Crippen LogP) is 3.25. The van der Waals surface area contributed by atoms with Crippen LogP contribution in [0.15, 0.2) is 60.8 Å². The van der Waals surface area contributed by atoms with Gasteiger partial charge in [-0.3, -0.25) is 14.8 Å². The van der Waals surface area contributed by atoms with Crippen LogP contribution in [0.4, 0.5) is 0 Å². The average molecular weight is 360 g/mol. The summed E-state index contributed by atoms with van der Waals surface area (Å²) in [6.07, 6.45) is 2.79. The number of nitrogens with zero attached hydrogens (tertiary/aromatic N) is 2. The molecule has 0 saturated carbocycles. The summed E-state index contributed by atoms with van der Waals surface area (Å²) in [4.78, 5) is 15.0. The largest absolute Gasteiger partial charge is 0.348 e. The van der Waals surface area contributed by atoms with Crippen LogP contribution in [0, 0.1) is 0 Å². The van der Waals surface area contributed by atoms with E-state index >= 15 is 0 Å². The van der Waals surface area contributed by atoms with Gasteiger partial charge in [0.05, 0.1) is 5.69 Å². The van der Waals surface area contributed by atoms with Crippen molar-refractivity contribution in [3.63, 3.8) is 0 Å². The van der Waals surface area contributed by atoms with E-state index in [1.165, 1.54) is 11.1 Å². The zero-order chi connectivity index (χ0) is 18.6. The zero-order valence-corrected chi connectivity index (χ0v) is 15.5. The summed E-state index contributed by atoms with van der Waals surface area (Å²) in [6.45, 7) is 4.91. The summed E-state index contributed by atoms with van der Waals surface area (Å²) >= 11 is 0. The standard InChI is InChI=1S/C22H24N4O/c1-16(14-26-13-11-17-4-2-3-5-20(17)15-26)24-22(27)19-8-6-18(7-9-19)21-10-12-23-25-21/h2-10,12,16H,11,13-15H2,1H3,(H,23,25)(H,24,27)/t16-/m1/s1. The Bertz CT molecular complexity index is 902. The van der Waals surface area contributed by atoms with Gasteiger partial charge in [-0.1, -0.05) is 36.4 Å². The second-order valence-corrected chi connectivity index (χ2v) is 7.18. The zero-order valence-electron chi connectivity index (χ0n) is 15.5. The quantitative estimate of drug-likeness (QED) is 0.734. The van der Waals surface area contributed by atoms with Gasteiger partial charge < -0.3 is 5.32 Å². The summed E-state index contributed by atoms with van der Waals surface area (Å²) in [7, 11) is 0. The Morgan fingerprint density at radius 2 is 1.93 bits per heavy atom. The Morgan fingerprint density at radius 1 is 1.15 bits per heavy atom. The van der Waals surface area contributed by atoms with Crippen LogP contribution in [0.1, 0.15) is 28.4 Å². The van der Waals surface area contributed by atoms with E-state index < -0.39 is 0 Å². The highest BCUT2D eigenvalue weighted by atomic mass is 16.1. The van der Waals surface area contributed by atoms with Crippen molar-refractivity contribution in [1.82, 2.24) is 20.4 Å². The van der Waals surface area contributed by atoms with Crippen molar-refractivity contribution in [3.8, 4) is 11.3 Å². The van der Waals surface area contributed by atoms with Crippen LogP contribution in [0.25, 0.3) is 11.3 Å². The van der Waals surface area contributed by atoms with Crippen molar-refractivity contribution < 1.29 is 4.79 Å². The molecule has 5 heteroatoms. The van der Waals surface area contributed by atoms with E-state index in [0.29, 0.717) is 5.56 Å². The molecule has 0 aliphatic carbocycles. The molecule has 0 saturated heterocycles. The molecule has 1 aliphatic heterocycles. The van der Waals surface area contributed by atoms with Crippen LogP contribution in [-0.2, 0) is 13.0 Å². The lowest BCUT2D eigenvalue weighted by Crippen LogP contribution is -2.43. The molecule has 0 spiro atoms. The minimum absolute atomic E-state index is 0.0314. The van der Waals surface area contributed by atoms with Crippen molar-refractivity contribution in [2.75, 3.05) is 13.1 Å². The van der Waals surface area contributed by atoms with Crippen molar-refractivity contribution >= 4 is 5.91 Å².